The first-order valence-electron chi connectivity index (χ1n) is 5.90. The highest BCUT2D eigenvalue weighted by Crippen LogP contribution is 2.24. The van der Waals surface area contributed by atoms with E-state index >= 15 is 0 Å². The molecular weight excluding hydrogens is 230 g/mol. The predicted octanol–water partition coefficient (Wildman–Crippen LogP) is 3.73. The van der Waals surface area contributed by atoms with Crippen molar-refractivity contribution < 1.29 is 4.79 Å². The molecule has 0 radical (unpaired) electrons. The third kappa shape index (κ3) is 4.08. The Bertz CT molecular complexity index is 382. The number of carbonyl (C=O) groups excluding carboxylic acids is 1. The molecule has 0 heterocycles. The Balaban J connectivity index is 2.80. The van der Waals surface area contributed by atoms with Crippen LogP contribution in [-0.4, -0.2) is 11.8 Å². The average molecular weight is 251 g/mol. The maximum atomic E-state index is 10.8. The van der Waals surface area contributed by atoms with Crippen molar-refractivity contribution in [3.63, 3.8) is 0 Å². The normalized spacial score (nSPS) is 11.6. The molecule has 0 spiro atoms. The van der Waals surface area contributed by atoms with E-state index in [0.717, 1.165) is 0 Å². The Morgan fingerprint density at radius 2 is 1.82 bits per heavy atom. The molecule has 0 fully saturated rings. The SMILES string of the molecule is CC(C)c1ccc(C(C)(C)CNC(=O)S)cc1. The monoisotopic (exact) mass is 251 g/mol. The summed E-state index contributed by atoms with van der Waals surface area (Å²) in [6.07, 6.45) is 0. The van der Waals surface area contributed by atoms with Crippen molar-refractivity contribution >= 4 is 17.9 Å². The van der Waals surface area contributed by atoms with Gasteiger partial charge < -0.3 is 5.32 Å². The van der Waals surface area contributed by atoms with E-state index in [1.165, 1.54) is 11.1 Å². The summed E-state index contributed by atoms with van der Waals surface area (Å²) in [4.78, 5) is 10.8. The van der Waals surface area contributed by atoms with E-state index in [0.29, 0.717) is 12.5 Å². The van der Waals surface area contributed by atoms with Crippen molar-refractivity contribution in [2.45, 2.75) is 39.0 Å². The molecule has 0 aliphatic carbocycles. The van der Waals surface area contributed by atoms with E-state index in [9.17, 15) is 4.79 Å². The van der Waals surface area contributed by atoms with Crippen molar-refractivity contribution in [2.24, 2.45) is 0 Å². The number of nitrogens with one attached hydrogen (secondary N) is 1. The van der Waals surface area contributed by atoms with Crippen LogP contribution in [0.15, 0.2) is 24.3 Å². The Hall–Kier alpha value is -0.960. The minimum Gasteiger partial charge on any atom is -0.346 e. The van der Waals surface area contributed by atoms with E-state index in [4.69, 9.17) is 0 Å². The van der Waals surface area contributed by atoms with E-state index < -0.39 is 0 Å². The van der Waals surface area contributed by atoms with Crippen LogP contribution >= 0.6 is 12.6 Å². The molecule has 1 aromatic carbocycles. The highest BCUT2D eigenvalue weighted by Gasteiger charge is 2.20. The minimum atomic E-state index is -0.281. The van der Waals surface area contributed by atoms with Crippen LogP contribution < -0.4 is 5.32 Å². The Kier molecular flexibility index (Phi) is 4.63. The van der Waals surface area contributed by atoms with Gasteiger partial charge in [-0.1, -0.05) is 64.6 Å². The van der Waals surface area contributed by atoms with E-state index in [1.807, 2.05) is 0 Å². The van der Waals surface area contributed by atoms with Crippen LogP contribution in [0, 0.1) is 0 Å². The van der Waals surface area contributed by atoms with Crippen molar-refractivity contribution in [1.82, 2.24) is 5.32 Å². The van der Waals surface area contributed by atoms with Gasteiger partial charge in [0.15, 0.2) is 0 Å². The molecule has 94 valence electrons. The maximum Gasteiger partial charge on any atom is 0.276 e. The van der Waals surface area contributed by atoms with Crippen molar-refractivity contribution in [3.05, 3.63) is 35.4 Å². The van der Waals surface area contributed by atoms with Gasteiger partial charge in [0.2, 0.25) is 0 Å². The second kappa shape index (κ2) is 5.58. The fourth-order valence-electron chi connectivity index (χ4n) is 1.72. The van der Waals surface area contributed by atoms with Gasteiger partial charge in [0.25, 0.3) is 5.24 Å². The zero-order chi connectivity index (χ0) is 13.1. The lowest BCUT2D eigenvalue weighted by Crippen LogP contribution is -2.34. The molecule has 0 saturated carbocycles. The number of carbonyl (C=O) groups is 1. The van der Waals surface area contributed by atoms with Gasteiger partial charge in [0.05, 0.1) is 0 Å². The van der Waals surface area contributed by atoms with Crippen LogP contribution in [0.1, 0.15) is 44.7 Å². The maximum absolute atomic E-state index is 10.8. The molecule has 0 aliphatic rings. The summed E-state index contributed by atoms with van der Waals surface area (Å²) in [5.74, 6) is 0.546. The van der Waals surface area contributed by atoms with Gasteiger partial charge in [-0.25, -0.2) is 0 Å². The first-order chi connectivity index (χ1) is 7.83. The second-order valence-electron chi connectivity index (χ2n) is 5.32. The predicted molar refractivity (Wildman–Crippen MR) is 75.9 cm³/mol. The van der Waals surface area contributed by atoms with E-state index in [2.05, 4.69) is 69.9 Å². The lowest BCUT2D eigenvalue weighted by atomic mass is 9.83. The number of rotatable bonds is 4. The summed E-state index contributed by atoms with van der Waals surface area (Å²) < 4.78 is 0. The summed E-state index contributed by atoms with van der Waals surface area (Å²) in [7, 11) is 0. The fourth-order valence-corrected chi connectivity index (χ4v) is 1.80. The first kappa shape index (κ1) is 14.1. The third-order valence-electron chi connectivity index (χ3n) is 3.04. The summed E-state index contributed by atoms with van der Waals surface area (Å²) in [5.41, 5.74) is 2.49. The van der Waals surface area contributed by atoms with Gasteiger partial charge in [0, 0.05) is 12.0 Å². The second-order valence-corrected chi connectivity index (χ2v) is 5.73. The highest BCUT2D eigenvalue weighted by molar-refractivity contribution is 7.96. The number of thiol groups is 1. The van der Waals surface area contributed by atoms with Gasteiger partial charge in [-0.15, -0.1) is 0 Å². The zero-order valence-corrected chi connectivity index (χ0v) is 11.8. The average Bonchev–Trinajstić information content (AvgIpc) is 2.27. The summed E-state index contributed by atoms with van der Waals surface area (Å²) in [6.45, 7) is 9.18. The number of hydrogen-bond donors (Lipinski definition) is 2. The van der Waals surface area contributed by atoms with Gasteiger partial charge in [-0.3, -0.25) is 4.79 Å². The molecule has 1 aromatic rings. The van der Waals surface area contributed by atoms with Gasteiger partial charge in [0.1, 0.15) is 0 Å². The number of benzene rings is 1. The Morgan fingerprint density at radius 3 is 2.24 bits per heavy atom. The molecule has 2 nitrogen and oxygen atoms in total. The lowest BCUT2D eigenvalue weighted by molar-refractivity contribution is 0.259. The number of amides is 1. The van der Waals surface area contributed by atoms with Crippen LogP contribution in [0.25, 0.3) is 0 Å². The molecule has 1 amide bonds. The molecule has 17 heavy (non-hydrogen) atoms. The number of hydrogen-bond acceptors (Lipinski definition) is 1. The van der Waals surface area contributed by atoms with Crippen LogP contribution in [0.5, 0.6) is 0 Å². The van der Waals surface area contributed by atoms with E-state index in [1.54, 1.807) is 0 Å². The van der Waals surface area contributed by atoms with Crippen molar-refractivity contribution in [1.29, 1.82) is 0 Å². The van der Waals surface area contributed by atoms with Crippen LogP contribution in [0.3, 0.4) is 0 Å². The van der Waals surface area contributed by atoms with E-state index in [-0.39, 0.29) is 10.7 Å². The van der Waals surface area contributed by atoms with Crippen LogP contribution in [0.2, 0.25) is 0 Å². The lowest BCUT2D eigenvalue weighted by Gasteiger charge is -2.25. The summed E-state index contributed by atoms with van der Waals surface area (Å²) >= 11 is 3.72. The highest BCUT2D eigenvalue weighted by atomic mass is 32.1. The molecule has 3 heteroatoms. The zero-order valence-electron chi connectivity index (χ0n) is 10.9. The molecule has 0 saturated heterocycles. The molecule has 0 aliphatic heterocycles. The minimum absolute atomic E-state index is 0.0755. The quantitative estimate of drug-likeness (QED) is 0.784. The van der Waals surface area contributed by atoms with Gasteiger partial charge in [-0.05, 0) is 17.0 Å². The largest absolute Gasteiger partial charge is 0.346 e. The van der Waals surface area contributed by atoms with Crippen molar-refractivity contribution in [2.75, 3.05) is 6.54 Å². The van der Waals surface area contributed by atoms with Crippen LogP contribution in [0.4, 0.5) is 4.79 Å². The molecule has 0 aromatic heterocycles. The van der Waals surface area contributed by atoms with Gasteiger partial charge in [-0.2, -0.15) is 0 Å². The van der Waals surface area contributed by atoms with Crippen molar-refractivity contribution in [3.8, 4) is 0 Å². The molecule has 0 atom stereocenters. The summed E-state index contributed by atoms with van der Waals surface area (Å²) in [5, 5.41) is 2.47. The smallest absolute Gasteiger partial charge is 0.276 e. The molecule has 1 rings (SSSR count). The molecule has 0 bridgehead atoms. The standard InChI is InChI=1S/C14H21NOS/c1-10(2)11-5-7-12(8-6-11)14(3,4)9-15-13(16)17/h5-8,10H,9H2,1-4H3,(H2,15,16,17). The first-order valence-corrected chi connectivity index (χ1v) is 6.35. The molecule has 1 N–H and O–H groups in total. The topological polar surface area (TPSA) is 29.1 Å². The molecule has 0 unspecified atom stereocenters. The fraction of sp³-hybridized carbons (Fsp3) is 0.500. The summed E-state index contributed by atoms with van der Waals surface area (Å²) in [6, 6.07) is 8.59. The molecular formula is C14H21NOS. The van der Waals surface area contributed by atoms with Crippen LogP contribution in [-0.2, 0) is 5.41 Å². The van der Waals surface area contributed by atoms with Gasteiger partial charge >= 0.3 is 0 Å². The Labute approximate surface area is 109 Å². The Morgan fingerprint density at radius 1 is 1.29 bits per heavy atom. The third-order valence-corrected chi connectivity index (χ3v) is 3.20.